The van der Waals surface area contributed by atoms with Crippen molar-refractivity contribution in [3.63, 3.8) is 0 Å². The summed E-state index contributed by atoms with van der Waals surface area (Å²) < 4.78 is 7.86. The molecule has 3 heterocycles. The molecule has 1 aliphatic rings. The van der Waals surface area contributed by atoms with Gasteiger partial charge < -0.3 is 4.74 Å². The predicted molar refractivity (Wildman–Crippen MR) is 118 cm³/mol. The third kappa shape index (κ3) is 3.98. The minimum atomic E-state index is -0.494. The average molecular weight is 439 g/mol. The van der Waals surface area contributed by atoms with Crippen LogP contribution < -0.4 is 11.2 Å². The summed E-state index contributed by atoms with van der Waals surface area (Å²) in [5, 5.41) is 11.6. The van der Waals surface area contributed by atoms with E-state index < -0.39 is 17.2 Å². The summed E-state index contributed by atoms with van der Waals surface area (Å²) in [6, 6.07) is 9.78. The fraction of sp³-hybridized carbons (Fsp3) is 0.333. The Morgan fingerprint density at radius 2 is 1.97 bits per heavy atom. The van der Waals surface area contributed by atoms with Crippen molar-refractivity contribution in [3.8, 4) is 0 Å². The van der Waals surface area contributed by atoms with Crippen molar-refractivity contribution in [1.29, 1.82) is 0 Å². The molecule has 10 heteroatoms. The molecule has 0 aliphatic carbocycles. The van der Waals surface area contributed by atoms with Gasteiger partial charge in [-0.2, -0.15) is 5.11 Å². The smallest absolute Gasteiger partial charge is 0.348 e. The van der Waals surface area contributed by atoms with Gasteiger partial charge in [-0.25, -0.2) is 9.59 Å². The minimum absolute atomic E-state index is 0.00989. The van der Waals surface area contributed by atoms with Gasteiger partial charge in [0.25, 0.3) is 5.56 Å². The average Bonchev–Trinajstić information content (AvgIpc) is 3.40. The van der Waals surface area contributed by atoms with Gasteiger partial charge in [0.05, 0.1) is 24.2 Å². The summed E-state index contributed by atoms with van der Waals surface area (Å²) in [7, 11) is 0. The lowest BCUT2D eigenvalue weighted by Crippen LogP contribution is -2.42. The number of esters is 1. The fourth-order valence-electron chi connectivity index (χ4n) is 3.51. The van der Waals surface area contributed by atoms with Crippen LogP contribution in [0.15, 0.2) is 55.4 Å². The standard InChI is InChI=1S/C21H21N5O4S/c1-3-30-20(28)17-13(2)16-18(27)26(12-15-11-22-24-23-15)21(29)25(19(16)31-17)10-9-14-7-5-4-6-8-14/h4-8H,3,9-12H2,1-2H3. The molecule has 0 spiro atoms. The molecule has 0 fully saturated rings. The Bertz CT molecular complexity index is 1320. The quantitative estimate of drug-likeness (QED) is 0.528. The summed E-state index contributed by atoms with van der Waals surface area (Å²) in [5.74, 6) is -0.494. The topological polar surface area (TPSA) is 107 Å². The molecule has 0 saturated carbocycles. The monoisotopic (exact) mass is 439 g/mol. The highest BCUT2D eigenvalue weighted by atomic mass is 32.1. The lowest BCUT2D eigenvalue weighted by atomic mass is 10.1. The van der Waals surface area contributed by atoms with E-state index in [1.54, 1.807) is 18.4 Å². The van der Waals surface area contributed by atoms with E-state index >= 15 is 0 Å². The normalized spacial score (nSPS) is 13.0. The maximum absolute atomic E-state index is 13.3. The van der Waals surface area contributed by atoms with E-state index in [2.05, 4.69) is 15.4 Å². The molecule has 2 aromatic heterocycles. The Morgan fingerprint density at radius 1 is 1.19 bits per heavy atom. The molecular weight excluding hydrogens is 418 g/mol. The van der Waals surface area contributed by atoms with Crippen LogP contribution >= 0.6 is 11.3 Å². The molecule has 160 valence electrons. The Kier molecular flexibility index (Phi) is 5.90. The second kappa shape index (κ2) is 8.76. The first kappa shape index (κ1) is 20.9. The van der Waals surface area contributed by atoms with Crippen LogP contribution in [0.4, 0.5) is 0 Å². The highest BCUT2D eigenvalue weighted by Crippen LogP contribution is 2.28. The number of hydrogen-bond acceptors (Lipinski definition) is 8. The summed E-state index contributed by atoms with van der Waals surface area (Å²) in [6.07, 6.45) is 0.603. The molecule has 0 radical (unpaired) electrons. The van der Waals surface area contributed by atoms with Gasteiger partial charge in [0.15, 0.2) is 0 Å². The number of aromatic nitrogens is 2. The number of fused-ring (bicyclic) bond motifs is 1. The lowest BCUT2D eigenvalue weighted by Gasteiger charge is -2.12. The molecule has 31 heavy (non-hydrogen) atoms. The first-order valence-corrected chi connectivity index (χ1v) is 10.7. The van der Waals surface area contributed by atoms with Gasteiger partial charge in [0.1, 0.15) is 16.3 Å². The van der Waals surface area contributed by atoms with Crippen LogP contribution in [0.2, 0.25) is 0 Å². The van der Waals surface area contributed by atoms with E-state index in [9.17, 15) is 14.4 Å². The van der Waals surface area contributed by atoms with Crippen molar-refractivity contribution in [2.24, 2.45) is 15.4 Å². The lowest BCUT2D eigenvalue weighted by molar-refractivity contribution is 0.0531. The van der Waals surface area contributed by atoms with E-state index in [0.717, 1.165) is 21.5 Å². The zero-order valence-corrected chi connectivity index (χ0v) is 18.0. The van der Waals surface area contributed by atoms with Crippen LogP contribution in [0.25, 0.3) is 10.2 Å². The summed E-state index contributed by atoms with van der Waals surface area (Å²) in [4.78, 5) is 39.8. The predicted octanol–water partition coefficient (Wildman–Crippen LogP) is 2.77. The maximum atomic E-state index is 13.3. The van der Waals surface area contributed by atoms with Gasteiger partial charge in [-0.3, -0.25) is 13.9 Å². The van der Waals surface area contributed by atoms with E-state index in [4.69, 9.17) is 4.74 Å². The largest absolute Gasteiger partial charge is 0.462 e. The molecule has 1 aromatic carbocycles. The minimum Gasteiger partial charge on any atom is -0.462 e. The summed E-state index contributed by atoms with van der Waals surface area (Å²) in [5.41, 5.74) is 1.23. The molecule has 0 atom stereocenters. The van der Waals surface area contributed by atoms with Crippen molar-refractivity contribution in [3.05, 3.63) is 67.2 Å². The van der Waals surface area contributed by atoms with Crippen molar-refractivity contribution in [2.75, 3.05) is 13.2 Å². The molecule has 0 unspecified atom stereocenters. The zero-order chi connectivity index (χ0) is 22.0. The third-order valence-corrected chi connectivity index (χ3v) is 6.36. The van der Waals surface area contributed by atoms with Gasteiger partial charge in [-0.05, 0) is 36.6 Å². The fourth-order valence-corrected chi connectivity index (χ4v) is 4.72. The second-order valence-electron chi connectivity index (χ2n) is 7.07. The first-order chi connectivity index (χ1) is 15.0. The molecule has 4 rings (SSSR count). The number of carbonyl (C=O) groups is 1. The first-order valence-electron chi connectivity index (χ1n) is 9.91. The van der Waals surface area contributed by atoms with Crippen molar-refractivity contribution >= 4 is 33.2 Å². The van der Waals surface area contributed by atoms with E-state index in [1.807, 2.05) is 30.3 Å². The number of benzene rings is 1. The number of hydrogen-bond donors (Lipinski definition) is 0. The van der Waals surface area contributed by atoms with E-state index in [-0.39, 0.29) is 19.7 Å². The van der Waals surface area contributed by atoms with E-state index in [0.29, 0.717) is 39.3 Å². The molecule has 0 bridgehead atoms. The molecule has 0 amide bonds. The van der Waals surface area contributed by atoms with Crippen LogP contribution in [0.5, 0.6) is 0 Å². The number of thiophene rings is 1. The zero-order valence-electron chi connectivity index (χ0n) is 17.2. The Labute approximate surface area is 181 Å². The number of carbonyl (C=O) groups excluding carboxylic acids is 1. The highest BCUT2D eigenvalue weighted by Gasteiger charge is 2.24. The summed E-state index contributed by atoms with van der Waals surface area (Å²) >= 11 is 1.12. The molecule has 0 N–H and O–H groups in total. The molecule has 1 aliphatic heterocycles. The molecule has 0 saturated heterocycles. The highest BCUT2D eigenvalue weighted by molar-refractivity contribution is 7.20. The van der Waals surface area contributed by atoms with Gasteiger partial charge in [0.2, 0.25) is 0 Å². The molecular formula is C21H21N5O4S. The molecule has 3 aromatic rings. The Hall–Kier alpha value is -3.40. The number of nitrogens with zero attached hydrogens (tertiary/aromatic N) is 5. The Morgan fingerprint density at radius 3 is 2.65 bits per heavy atom. The summed E-state index contributed by atoms with van der Waals surface area (Å²) in [6.45, 7) is 4.29. The number of ether oxygens (including phenoxy) is 1. The third-order valence-electron chi connectivity index (χ3n) is 5.07. The van der Waals surface area contributed by atoms with Crippen molar-refractivity contribution in [2.45, 2.75) is 33.4 Å². The van der Waals surface area contributed by atoms with Gasteiger partial charge in [0, 0.05) is 6.54 Å². The SMILES string of the molecule is CCOC(=O)c1sc2c(c1C)c(=O)n(CC1=NN=NC1)c(=O)n2CCc1ccccc1. The van der Waals surface area contributed by atoms with E-state index in [1.165, 1.54) is 0 Å². The number of aryl methyl sites for hydroxylation is 3. The second-order valence-corrected chi connectivity index (χ2v) is 8.07. The van der Waals surface area contributed by atoms with Crippen LogP contribution in [0.1, 0.15) is 27.7 Å². The van der Waals surface area contributed by atoms with Gasteiger partial charge in [-0.1, -0.05) is 30.3 Å². The Balaban J connectivity index is 1.87. The van der Waals surface area contributed by atoms with Gasteiger partial charge in [-0.15, -0.1) is 16.4 Å². The van der Waals surface area contributed by atoms with Crippen molar-refractivity contribution < 1.29 is 9.53 Å². The van der Waals surface area contributed by atoms with Crippen LogP contribution in [0, 0.1) is 6.92 Å². The van der Waals surface area contributed by atoms with Crippen LogP contribution in [-0.4, -0.2) is 34.0 Å². The maximum Gasteiger partial charge on any atom is 0.348 e. The number of rotatable bonds is 7. The van der Waals surface area contributed by atoms with Crippen molar-refractivity contribution in [1.82, 2.24) is 9.13 Å². The van der Waals surface area contributed by atoms with Crippen LogP contribution in [-0.2, 0) is 24.2 Å². The molecule has 9 nitrogen and oxygen atoms in total. The van der Waals surface area contributed by atoms with Gasteiger partial charge >= 0.3 is 11.7 Å². The van der Waals surface area contributed by atoms with Crippen LogP contribution in [0.3, 0.4) is 0 Å².